The van der Waals surface area contributed by atoms with Crippen LogP contribution in [0.4, 0.5) is 4.79 Å². The normalized spacial score (nSPS) is 29.0. The Kier molecular flexibility index (Phi) is 5.29. The average Bonchev–Trinajstić information content (AvgIpc) is 3.27. The van der Waals surface area contributed by atoms with Crippen molar-refractivity contribution in [1.82, 2.24) is 9.96 Å². The Balaban J connectivity index is 1.64. The van der Waals surface area contributed by atoms with Crippen LogP contribution in [0.5, 0.6) is 0 Å². The van der Waals surface area contributed by atoms with Crippen LogP contribution < -0.4 is 0 Å². The molecule has 0 aromatic heterocycles. The summed E-state index contributed by atoms with van der Waals surface area (Å²) in [5.74, 6) is -0.922. The van der Waals surface area contributed by atoms with Gasteiger partial charge in [0.1, 0.15) is 5.60 Å². The van der Waals surface area contributed by atoms with Gasteiger partial charge in [-0.15, -0.1) is 0 Å². The Morgan fingerprint density at radius 2 is 1.97 bits per heavy atom. The third kappa shape index (κ3) is 3.69. The van der Waals surface area contributed by atoms with E-state index in [4.69, 9.17) is 14.3 Å². The number of rotatable bonds is 3. The smallest absolute Gasteiger partial charge is 0.417 e. The second kappa shape index (κ2) is 7.67. The lowest BCUT2D eigenvalue weighted by molar-refractivity contribution is -0.201. The average molecular weight is 428 g/mol. The molecule has 8 heteroatoms. The lowest BCUT2D eigenvalue weighted by Crippen LogP contribution is -2.43. The molecule has 4 aliphatic rings. The number of allylic oxidation sites excluding steroid dienone is 2. The van der Waals surface area contributed by atoms with Gasteiger partial charge in [-0.25, -0.2) is 9.69 Å². The summed E-state index contributed by atoms with van der Waals surface area (Å²) in [6.45, 7) is 6.99. The van der Waals surface area contributed by atoms with E-state index >= 15 is 0 Å². The molecule has 0 spiro atoms. The fourth-order valence-corrected chi connectivity index (χ4v) is 4.59. The first kappa shape index (κ1) is 21.4. The maximum absolute atomic E-state index is 13.3. The minimum Gasteiger partial charge on any atom is -0.472 e. The molecule has 3 atom stereocenters. The Morgan fingerprint density at radius 1 is 1.23 bits per heavy atom. The number of hydrogen-bond acceptors (Lipinski definition) is 6. The second-order valence-corrected chi connectivity index (χ2v) is 9.17. The van der Waals surface area contributed by atoms with E-state index in [0.717, 1.165) is 23.5 Å². The van der Waals surface area contributed by atoms with E-state index in [9.17, 15) is 14.4 Å². The van der Waals surface area contributed by atoms with Gasteiger partial charge in [0.15, 0.2) is 0 Å². The predicted octanol–water partition coefficient (Wildman–Crippen LogP) is 3.38. The SMILES string of the molecule is CON1C(=O)C(C)=CC1O/C=C1/C(=O)N(C(=O)OC(C)(C)C)C2C3=C(CCC=C3)CC12. The van der Waals surface area contributed by atoms with Gasteiger partial charge in [0, 0.05) is 11.5 Å². The molecule has 31 heavy (non-hydrogen) atoms. The number of fused-ring (bicyclic) bond motifs is 2. The van der Waals surface area contributed by atoms with Crippen molar-refractivity contribution in [3.8, 4) is 0 Å². The second-order valence-electron chi connectivity index (χ2n) is 9.17. The number of hydroxylamine groups is 2. The highest BCUT2D eigenvalue weighted by molar-refractivity contribution is 6.06. The summed E-state index contributed by atoms with van der Waals surface area (Å²) in [5.41, 5.74) is 2.46. The lowest BCUT2D eigenvalue weighted by Gasteiger charge is -2.28. The minimum atomic E-state index is -0.768. The van der Waals surface area contributed by atoms with Gasteiger partial charge in [-0.1, -0.05) is 17.7 Å². The highest BCUT2D eigenvalue weighted by Crippen LogP contribution is 2.48. The molecule has 1 saturated heterocycles. The van der Waals surface area contributed by atoms with Gasteiger partial charge in [0.25, 0.3) is 11.8 Å². The first-order chi connectivity index (χ1) is 14.6. The predicted molar refractivity (Wildman–Crippen MR) is 111 cm³/mol. The van der Waals surface area contributed by atoms with Crippen LogP contribution in [0, 0.1) is 5.92 Å². The third-order valence-electron chi connectivity index (χ3n) is 5.91. The topological polar surface area (TPSA) is 85.4 Å². The third-order valence-corrected chi connectivity index (χ3v) is 5.91. The molecule has 0 bridgehead atoms. The van der Waals surface area contributed by atoms with Crippen LogP contribution in [0.25, 0.3) is 0 Å². The van der Waals surface area contributed by atoms with Crippen molar-refractivity contribution in [2.75, 3.05) is 7.11 Å². The number of carbonyl (C=O) groups excluding carboxylic acids is 3. The van der Waals surface area contributed by atoms with Crippen LogP contribution in [0.2, 0.25) is 0 Å². The first-order valence-corrected chi connectivity index (χ1v) is 10.5. The Bertz CT molecular complexity index is 952. The molecular formula is C23H28N2O6. The van der Waals surface area contributed by atoms with Crippen LogP contribution in [0.3, 0.4) is 0 Å². The van der Waals surface area contributed by atoms with E-state index in [1.165, 1.54) is 23.8 Å². The zero-order chi connectivity index (χ0) is 22.5. The van der Waals surface area contributed by atoms with Crippen LogP contribution in [-0.4, -0.2) is 52.9 Å². The van der Waals surface area contributed by atoms with Gasteiger partial charge >= 0.3 is 6.09 Å². The summed E-state index contributed by atoms with van der Waals surface area (Å²) < 4.78 is 11.3. The van der Waals surface area contributed by atoms with Crippen molar-refractivity contribution >= 4 is 17.9 Å². The number of ether oxygens (including phenoxy) is 2. The zero-order valence-electron chi connectivity index (χ0n) is 18.5. The highest BCUT2D eigenvalue weighted by Gasteiger charge is 2.53. The number of hydrogen-bond donors (Lipinski definition) is 0. The number of nitrogens with zero attached hydrogens (tertiary/aromatic N) is 2. The molecule has 3 unspecified atom stereocenters. The quantitative estimate of drug-likeness (QED) is 0.506. The van der Waals surface area contributed by atoms with E-state index in [1.54, 1.807) is 33.8 Å². The molecule has 1 fully saturated rings. The Morgan fingerprint density at radius 3 is 2.65 bits per heavy atom. The first-order valence-electron chi connectivity index (χ1n) is 10.5. The van der Waals surface area contributed by atoms with Crippen LogP contribution >= 0.6 is 0 Å². The van der Waals surface area contributed by atoms with E-state index in [1.807, 2.05) is 6.08 Å². The van der Waals surface area contributed by atoms with Gasteiger partial charge in [-0.05, 0) is 58.6 Å². The summed E-state index contributed by atoms with van der Waals surface area (Å²) in [4.78, 5) is 44.7. The monoisotopic (exact) mass is 428 g/mol. The molecule has 0 aromatic rings. The molecule has 0 N–H and O–H groups in total. The summed E-state index contributed by atoms with van der Waals surface area (Å²) in [7, 11) is 1.39. The maximum Gasteiger partial charge on any atom is 0.417 e. The van der Waals surface area contributed by atoms with Crippen molar-refractivity contribution in [1.29, 1.82) is 0 Å². The molecule has 2 aliphatic carbocycles. The van der Waals surface area contributed by atoms with E-state index in [0.29, 0.717) is 17.6 Å². The molecule has 166 valence electrons. The van der Waals surface area contributed by atoms with Crippen molar-refractivity contribution in [3.05, 3.63) is 46.8 Å². The van der Waals surface area contributed by atoms with E-state index < -0.39 is 29.9 Å². The van der Waals surface area contributed by atoms with Gasteiger partial charge in [-0.3, -0.25) is 14.4 Å². The van der Waals surface area contributed by atoms with Crippen LogP contribution in [0.1, 0.15) is 47.0 Å². The molecule has 2 aliphatic heterocycles. The Labute approximate surface area is 181 Å². The van der Waals surface area contributed by atoms with E-state index in [2.05, 4.69) is 6.08 Å². The standard InChI is InChI=1S/C23H28N2O6/c1-13-10-18(25(29-5)20(13)26)30-12-17-16-11-14-8-6-7-9-15(14)19(16)24(21(17)27)22(28)31-23(2,3)4/h7,9-10,12,16,18-19H,6,8,11H2,1-5H3/b17-12+. The number of likely N-dealkylation sites (tertiary alicyclic amines) is 1. The van der Waals surface area contributed by atoms with Crippen molar-refractivity contribution < 1.29 is 28.7 Å². The number of amides is 3. The summed E-state index contributed by atoms with van der Waals surface area (Å²) in [6.07, 6.45) is 8.24. The molecule has 0 aromatic carbocycles. The van der Waals surface area contributed by atoms with E-state index in [-0.39, 0.29) is 11.8 Å². The Hall–Kier alpha value is -2.87. The largest absolute Gasteiger partial charge is 0.472 e. The van der Waals surface area contributed by atoms with Crippen molar-refractivity contribution in [2.45, 2.75) is 64.8 Å². The van der Waals surface area contributed by atoms with Crippen LogP contribution in [0.15, 0.2) is 46.8 Å². The fourth-order valence-electron chi connectivity index (χ4n) is 4.59. The lowest BCUT2D eigenvalue weighted by atomic mass is 9.96. The van der Waals surface area contributed by atoms with Crippen LogP contribution in [-0.2, 0) is 23.9 Å². The van der Waals surface area contributed by atoms with Gasteiger partial charge < -0.3 is 9.47 Å². The summed E-state index contributed by atoms with van der Waals surface area (Å²) in [5, 5.41) is 1.11. The number of carbonyl (C=O) groups is 3. The molecule has 0 radical (unpaired) electrons. The maximum atomic E-state index is 13.3. The molecule has 3 amide bonds. The van der Waals surface area contributed by atoms with Crippen molar-refractivity contribution in [3.63, 3.8) is 0 Å². The molecule has 4 rings (SSSR count). The molecule has 2 heterocycles. The highest BCUT2D eigenvalue weighted by atomic mass is 16.7. The van der Waals surface area contributed by atoms with Gasteiger partial charge in [0.05, 0.1) is 25.0 Å². The van der Waals surface area contributed by atoms with Crippen molar-refractivity contribution in [2.24, 2.45) is 5.92 Å². The number of imide groups is 1. The molecule has 0 saturated carbocycles. The zero-order valence-corrected chi connectivity index (χ0v) is 18.5. The summed E-state index contributed by atoms with van der Waals surface area (Å²) in [6, 6.07) is -0.398. The van der Waals surface area contributed by atoms with Gasteiger partial charge in [-0.2, -0.15) is 5.06 Å². The molecular weight excluding hydrogens is 400 g/mol. The molecule has 8 nitrogen and oxygen atoms in total. The van der Waals surface area contributed by atoms with Gasteiger partial charge in [0.2, 0.25) is 6.23 Å². The minimum absolute atomic E-state index is 0.203. The fraction of sp³-hybridized carbons (Fsp3) is 0.522. The summed E-state index contributed by atoms with van der Waals surface area (Å²) >= 11 is 0.